The summed E-state index contributed by atoms with van der Waals surface area (Å²) in [6.07, 6.45) is 5.34. The van der Waals surface area contributed by atoms with Crippen molar-refractivity contribution in [2.75, 3.05) is 7.11 Å². The van der Waals surface area contributed by atoms with E-state index < -0.39 is 71.2 Å². The first-order chi connectivity index (χ1) is 17.6. The molecule has 0 spiro atoms. The van der Waals surface area contributed by atoms with Gasteiger partial charge < -0.3 is 21.3 Å². The van der Waals surface area contributed by atoms with Gasteiger partial charge in [0, 0.05) is 5.92 Å². The fourth-order valence-electron chi connectivity index (χ4n) is 6.30. The maximum Gasteiger partial charge on any atom is 0.328 e. The summed E-state index contributed by atoms with van der Waals surface area (Å²) in [4.78, 5) is 76.9. The van der Waals surface area contributed by atoms with Gasteiger partial charge in [-0.3, -0.25) is 19.2 Å². The zero-order valence-corrected chi connectivity index (χ0v) is 19.7. The van der Waals surface area contributed by atoms with Crippen LogP contribution in [0.3, 0.4) is 0 Å². The zero-order chi connectivity index (χ0) is 26.8. The van der Waals surface area contributed by atoms with Crippen LogP contribution in [0.5, 0.6) is 11.5 Å². The molecule has 1 saturated carbocycles. The molecule has 0 radical (unpaired) electrons. The molecule has 5 N–H and O–H groups in total. The molecule has 37 heavy (non-hydrogen) atoms. The third-order valence-electron chi connectivity index (χ3n) is 7.84. The molecular formula is C25H24N4O8. The average Bonchev–Trinajstić information content (AvgIpc) is 3.26. The Kier molecular flexibility index (Phi) is 5.61. The number of allylic oxidation sites excluding steroid dienone is 3. The summed E-state index contributed by atoms with van der Waals surface area (Å²) in [5.74, 6) is -7.67. The predicted octanol–water partition coefficient (Wildman–Crippen LogP) is 0.740. The van der Waals surface area contributed by atoms with Crippen LogP contribution >= 0.6 is 0 Å². The smallest absolute Gasteiger partial charge is 0.328 e. The second-order valence-corrected chi connectivity index (χ2v) is 9.56. The van der Waals surface area contributed by atoms with Crippen LogP contribution in [0.25, 0.3) is 6.08 Å². The van der Waals surface area contributed by atoms with E-state index >= 15 is 0 Å². The Labute approximate surface area is 210 Å². The SMILES string of the molecule is COc1cc(C=C[C@H]2C3=CC[C@@H]4C(=O)N(C(N)=O)C(=O)[C@@H]4[C@@H]3C[C@H]3C(=O)N(C(N)=O)C(=O)[C@@H]23)ccc1O. The van der Waals surface area contributed by atoms with Gasteiger partial charge in [-0.25, -0.2) is 9.59 Å². The van der Waals surface area contributed by atoms with Gasteiger partial charge in [0.1, 0.15) is 0 Å². The summed E-state index contributed by atoms with van der Waals surface area (Å²) >= 11 is 0. The van der Waals surface area contributed by atoms with Crippen molar-refractivity contribution in [1.29, 1.82) is 0 Å². The van der Waals surface area contributed by atoms with E-state index in [0.29, 0.717) is 20.9 Å². The predicted molar refractivity (Wildman–Crippen MR) is 125 cm³/mol. The Hall–Kier alpha value is -4.48. The van der Waals surface area contributed by atoms with E-state index in [4.69, 9.17) is 16.2 Å². The first-order valence-electron chi connectivity index (χ1n) is 11.7. The summed E-state index contributed by atoms with van der Waals surface area (Å²) in [5.41, 5.74) is 11.9. The number of carbonyl (C=O) groups is 6. The maximum atomic E-state index is 13.2. The monoisotopic (exact) mass is 508 g/mol. The van der Waals surface area contributed by atoms with E-state index in [1.807, 2.05) is 0 Å². The summed E-state index contributed by atoms with van der Waals surface area (Å²) < 4.78 is 5.14. The Morgan fingerprint density at radius 1 is 0.946 bits per heavy atom. The molecule has 192 valence electrons. The topological polar surface area (TPSA) is 190 Å². The Balaban J connectivity index is 1.59. The number of rotatable bonds is 3. The molecule has 1 aromatic rings. The lowest BCUT2D eigenvalue weighted by molar-refractivity contribution is -0.138. The van der Waals surface area contributed by atoms with Crippen LogP contribution in [0, 0.1) is 35.5 Å². The van der Waals surface area contributed by atoms with Crippen LogP contribution < -0.4 is 16.2 Å². The van der Waals surface area contributed by atoms with Crippen molar-refractivity contribution in [3.8, 4) is 11.5 Å². The highest BCUT2D eigenvalue weighted by molar-refractivity contribution is 6.18. The minimum absolute atomic E-state index is 0.0367. The van der Waals surface area contributed by atoms with E-state index in [1.165, 1.54) is 13.2 Å². The van der Waals surface area contributed by atoms with Crippen LogP contribution in [-0.2, 0) is 19.2 Å². The van der Waals surface area contributed by atoms with Crippen LogP contribution in [0.1, 0.15) is 18.4 Å². The van der Waals surface area contributed by atoms with Crippen molar-refractivity contribution in [3.05, 3.63) is 41.5 Å². The molecule has 2 aliphatic carbocycles. The number of ether oxygens (including phenoxy) is 1. The number of methoxy groups -OCH3 is 1. The number of aromatic hydroxyl groups is 1. The van der Waals surface area contributed by atoms with Crippen molar-refractivity contribution in [3.63, 3.8) is 0 Å². The highest BCUT2D eigenvalue weighted by Crippen LogP contribution is 2.55. The first kappa shape index (κ1) is 24.2. The number of phenols is 1. The lowest BCUT2D eigenvalue weighted by atomic mass is 9.58. The largest absolute Gasteiger partial charge is 0.504 e. The van der Waals surface area contributed by atoms with Crippen LogP contribution in [-0.4, -0.2) is 57.7 Å². The van der Waals surface area contributed by atoms with Gasteiger partial charge in [0.05, 0.1) is 30.8 Å². The number of nitrogens with two attached hydrogens (primary N) is 2. The van der Waals surface area contributed by atoms with E-state index in [1.54, 1.807) is 30.4 Å². The fourth-order valence-corrected chi connectivity index (χ4v) is 6.30. The normalized spacial score (nSPS) is 30.8. The number of carbonyl (C=O) groups excluding carboxylic acids is 6. The van der Waals surface area contributed by atoms with E-state index in [2.05, 4.69) is 0 Å². The maximum absolute atomic E-state index is 13.2. The second-order valence-electron chi connectivity index (χ2n) is 9.56. The number of benzene rings is 1. The van der Waals surface area contributed by atoms with Crippen molar-refractivity contribution in [1.82, 2.24) is 9.80 Å². The number of likely N-dealkylation sites (tertiary alicyclic amines) is 2. The second kappa shape index (κ2) is 8.57. The van der Waals surface area contributed by atoms with Gasteiger partial charge in [-0.1, -0.05) is 29.9 Å². The lowest BCUT2D eigenvalue weighted by Crippen LogP contribution is -2.44. The quantitative estimate of drug-likeness (QED) is 0.393. The fraction of sp³-hybridized carbons (Fsp3) is 0.360. The van der Waals surface area contributed by atoms with E-state index in [0.717, 1.165) is 0 Å². The first-order valence-corrected chi connectivity index (χ1v) is 11.7. The van der Waals surface area contributed by atoms with Crippen LogP contribution in [0.15, 0.2) is 35.9 Å². The zero-order valence-electron chi connectivity index (χ0n) is 19.7. The molecule has 2 saturated heterocycles. The van der Waals surface area contributed by atoms with Gasteiger partial charge in [-0.05, 0) is 36.5 Å². The Morgan fingerprint density at radius 3 is 2.19 bits per heavy atom. The molecule has 8 amide bonds. The molecule has 4 aliphatic rings. The van der Waals surface area contributed by atoms with Crippen LogP contribution in [0.2, 0.25) is 0 Å². The number of imide groups is 6. The molecule has 0 unspecified atom stereocenters. The van der Waals surface area contributed by atoms with Gasteiger partial charge in [0.25, 0.3) is 0 Å². The third kappa shape index (κ3) is 3.51. The highest BCUT2D eigenvalue weighted by atomic mass is 16.5. The Morgan fingerprint density at radius 2 is 1.57 bits per heavy atom. The minimum Gasteiger partial charge on any atom is -0.504 e. The Bertz CT molecular complexity index is 1330. The van der Waals surface area contributed by atoms with Crippen molar-refractivity contribution < 1.29 is 38.6 Å². The number of fused-ring (bicyclic) bond motifs is 4. The summed E-state index contributed by atoms with van der Waals surface area (Å²) in [6, 6.07) is 2.30. The van der Waals surface area contributed by atoms with E-state index in [-0.39, 0.29) is 24.3 Å². The third-order valence-corrected chi connectivity index (χ3v) is 7.84. The number of nitrogens with zero attached hydrogens (tertiary/aromatic N) is 2. The average molecular weight is 508 g/mol. The number of urea groups is 2. The van der Waals surface area contributed by atoms with E-state index in [9.17, 15) is 33.9 Å². The molecule has 3 fully saturated rings. The van der Waals surface area contributed by atoms with Crippen molar-refractivity contribution in [2.24, 2.45) is 47.0 Å². The van der Waals surface area contributed by atoms with Crippen molar-refractivity contribution >= 4 is 41.8 Å². The molecule has 2 aliphatic heterocycles. The summed E-state index contributed by atoms with van der Waals surface area (Å²) in [6.45, 7) is 0. The number of hydrogen-bond donors (Lipinski definition) is 3. The summed E-state index contributed by atoms with van der Waals surface area (Å²) in [5, 5.41) is 9.88. The number of amides is 8. The standard InChI is InChI=1S/C25H24N4O8/c1-37-17-8-10(3-7-16(17)30)2-4-12-11-5-6-13-19(23(34)28(20(13)31)24(26)35)14(11)9-15-18(12)22(33)29(21(15)32)25(27)36/h2-5,7-8,12-15,18-19,30H,6,9H2,1H3,(H2,26,35)(H2,27,36)/t12-,13-,14+,15+,18-,19-/m0/s1. The highest BCUT2D eigenvalue weighted by Gasteiger charge is 2.62. The molecule has 2 heterocycles. The van der Waals surface area contributed by atoms with Gasteiger partial charge in [-0.2, -0.15) is 9.80 Å². The lowest BCUT2D eigenvalue weighted by Gasteiger charge is -2.42. The van der Waals surface area contributed by atoms with Gasteiger partial charge >= 0.3 is 12.1 Å². The van der Waals surface area contributed by atoms with Gasteiger partial charge in [0.15, 0.2) is 11.5 Å². The molecule has 6 atom stereocenters. The molecule has 12 heteroatoms. The molecule has 12 nitrogen and oxygen atoms in total. The van der Waals surface area contributed by atoms with Crippen LogP contribution in [0.4, 0.5) is 9.59 Å². The van der Waals surface area contributed by atoms with Gasteiger partial charge in [0.2, 0.25) is 23.6 Å². The van der Waals surface area contributed by atoms with Gasteiger partial charge in [-0.15, -0.1) is 0 Å². The molecule has 1 aromatic carbocycles. The summed E-state index contributed by atoms with van der Waals surface area (Å²) in [7, 11) is 1.40. The minimum atomic E-state index is -1.18. The molecule has 5 rings (SSSR count). The molecular weight excluding hydrogens is 484 g/mol. The number of primary amides is 2. The van der Waals surface area contributed by atoms with Crippen molar-refractivity contribution in [2.45, 2.75) is 12.8 Å². The number of phenolic OH excluding ortho intramolecular Hbond substituents is 1. The number of hydrogen-bond acceptors (Lipinski definition) is 8. The molecule has 0 bridgehead atoms. The molecule has 0 aromatic heterocycles.